The molecule has 0 aliphatic heterocycles. The fourth-order valence-electron chi connectivity index (χ4n) is 1.64. The normalized spacial score (nSPS) is 20.4. The summed E-state index contributed by atoms with van der Waals surface area (Å²) in [7, 11) is 0. The van der Waals surface area contributed by atoms with Crippen LogP contribution in [0.25, 0.3) is 0 Å². The predicted octanol–water partition coefficient (Wildman–Crippen LogP) is 1.79. The fourth-order valence-corrected chi connectivity index (χ4v) is 1.64. The summed E-state index contributed by atoms with van der Waals surface area (Å²) in [5, 5.41) is 3.44. The number of nitrogens with one attached hydrogen (secondary N) is 1. The second-order valence-corrected chi connectivity index (χ2v) is 3.26. The first-order valence-electron chi connectivity index (χ1n) is 4.55. The first-order chi connectivity index (χ1) is 5.38. The summed E-state index contributed by atoms with van der Waals surface area (Å²) in [5.41, 5.74) is 0. The van der Waals surface area contributed by atoms with Gasteiger partial charge < -0.3 is 5.32 Å². The Morgan fingerprint density at radius 3 is 2.73 bits per heavy atom. The van der Waals surface area contributed by atoms with Crippen molar-refractivity contribution in [3.63, 3.8) is 0 Å². The molecule has 1 aliphatic rings. The summed E-state index contributed by atoms with van der Waals surface area (Å²) in [6.45, 7) is 3.19. The third-order valence-electron chi connectivity index (χ3n) is 2.52. The van der Waals surface area contributed by atoms with Gasteiger partial charge in [0.2, 0.25) is 0 Å². The number of terminal acetylenes is 1. The van der Waals surface area contributed by atoms with Crippen molar-refractivity contribution >= 4 is 0 Å². The van der Waals surface area contributed by atoms with Crippen molar-refractivity contribution in [3.8, 4) is 12.3 Å². The zero-order valence-corrected chi connectivity index (χ0v) is 7.27. The van der Waals surface area contributed by atoms with Gasteiger partial charge >= 0.3 is 0 Å². The van der Waals surface area contributed by atoms with Gasteiger partial charge in [-0.25, -0.2) is 0 Å². The van der Waals surface area contributed by atoms with Gasteiger partial charge in [-0.1, -0.05) is 13.3 Å². The maximum absolute atomic E-state index is 5.29. The minimum atomic E-state index is 0.596. The Labute approximate surface area is 69.6 Å². The van der Waals surface area contributed by atoms with E-state index in [0.29, 0.717) is 6.04 Å². The molecule has 1 nitrogen and oxygen atoms in total. The molecule has 1 aliphatic carbocycles. The smallest absolute Gasteiger partial charge is 0.0243 e. The van der Waals surface area contributed by atoms with Gasteiger partial charge in [-0.2, -0.15) is 0 Å². The molecule has 0 spiro atoms. The van der Waals surface area contributed by atoms with E-state index in [4.69, 9.17) is 6.42 Å². The van der Waals surface area contributed by atoms with E-state index in [2.05, 4.69) is 18.2 Å². The Morgan fingerprint density at radius 1 is 1.64 bits per heavy atom. The summed E-state index contributed by atoms with van der Waals surface area (Å²) < 4.78 is 0. The van der Waals surface area contributed by atoms with E-state index in [1.54, 1.807) is 0 Å². The molecule has 0 aromatic heterocycles. The monoisotopic (exact) mass is 151 g/mol. The lowest BCUT2D eigenvalue weighted by molar-refractivity contribution is 0.233. The maximum atomic E-state index is 5.29. The van der Waals surface area contributed by atoms with Crippen LogP contribution in [0, 0.1) is 18.3 Å². The van der Waals surface area contributed by atoms with Gasteiger partial charge in [0.05, 0.1) is 0 Å². The lowest BCUT2D eigenvalue weighted by Gasteiger charge is -2.33. The van der Waals surface area contributed by atoms with E-state index in [0.717, 1.165) is 18.9 Å². The van der Waals surface area contributed by atoms with Gasteiger partial charge in [0, 0.05) is 12.5 Å². The molecule has 1 heteroatoms. The molecule has 1 unspecified atom stereocenters. The van der Waals surface area contributed by atoms with Crippen LogP contribution in [-0.4, -0.2) is 12.6 Å². The molecular weight excluding hydrogens is 134 g/mol. The highest BCUT2D eigenvalue weighted by atomic mass is 14.9. The average Bonchev–Trinajstić information content (AvgIpc) is 1.85. The van der Waals surface area contributed by atoms with Crippen molar-refractivity contribution in [2.24, 2.45) is 5.92 Å². The first-order valence-corrected chi connectivity index (χ1v) is 4.55. The SMILES string of the molecule is C#CCC(NCC)C1CCC1. The van der Waals surface area contributed by atoms with E-state index in [1.165, 1.54) is 19.3 Å². The number of hydrogen-bond donors (Lipinski definition) is 1. The number of rotatable bonds is 4. The molecule has 0 saturated heterocycles. The minimum absolute atomic E-state index is 0.596. The van der Waals surface area contributed by atoms with Crippen LogP contribution in [0.5, 0.6) is 0 Å². The largest absolute Gasteiger partial charge is 0.313 e. The Kier molecular flexibility index (Phi) is 3.45. The van der Waals surface area contributed by atoms with Crippen LogP contribution in [0.15, 0.2) is 0 Å². The summed E-state index contributed by atoms with van der Waals surface area (Å²) in [4.78, 5) is 0. The van der Waals surface area contributed by atoms with Crippen molar-refractivity contribution in [2.45, 2.75) is 38.6 Å². The highest BCUT2D eigenvalue weighted by Crippen LogP contribution is 2.30. The highest BCUT2D eigenvalue weighted by molar-refractivity contribution is 4.94. The topological polar surface area (TPSA) is 12.0 Å². The molecule has 1 atom stereocenters. The summed E-state index contributed by atoms with van der Waals surface area (Å²) >= 11 is 0. The molecule has 0 aromatic carbocycles. The Bertz CT molecular complexity index is 141. The molecule has 1 rings (SSSR count). The molecule has 0 heterocycles. The van der Waals surface area contributed by atoms with Crippen molar-refractivity contribution in [3.05, 3.63) is 0 Å². The Hall–Kier alpha value is -0.480. The molecule has 1 saturated carbocycles. The molecule has 0 radical (unpaired) electrons. The van der Waals surface area contributed by atoms with Crippen LogP contribution in [-0.2, 0) is 0 Å². The van der Waals surface area contributed by atoms with Crippen molar-refractivity contribution < 1.29 is 0 Å². The highest BCUT2D eigenvalue weighted by Gasteiger charge is 2.25. The standard InChI is InChI=1S/C10H17N/c1-3-6-10(11-4-2)9-7-5-8-9/h1,9-11H,4-8H2,2H3. The second kappa shape index (κ2) is 4.41. The number of hydrogen-bond acceptors (Lipinski definition) is 1. The molecule has 1 N–H and O–H groups in total. The maximum Gasteiger partial charge on any atom is 0.0243 e. The van der Waals surface area contributed by atoms with Crippen molar-refractivity contribution in [2.75, 3.05) is 6.54 Å². The molecule has 0 amide bonds. The van der Waals surface area contributed by atoms with Gasteiger partial charge in [-0.15, -0.1) is 12.3 Å². The zero-order chi connectivity index (χ0) is 8.10. The van der Waals surface area contributed by atoms with Crippen LogP contribution in [0.3, 0.4) is 0 Å². The summed E-state index contributed by atoms with van der Waals surface area (Å²) in [5.74, 6) is 3.61. The van der Waals surface area contributed by atoms with Crippen LogP contribution >= 0.6 is 0 Å². The lowest BCUT2D eigenvalue weighted by atomic mass is 9.78. The average molecular weight is 151 g/mol. The predicted molar refractivity (Wildman–Crippen MR) is 48.3 cm³/mol. The van der Waals surface area contributed by atoms with Gasteiger partial charge in [-0.05, 0) is 25.3 Å². The molecular formula is C10H17N. The Balaban J connectivity index is 2.26. The van der Waals surface area contributed by atoms with Crippen LogP contribution in [0.2, 0.25) is 0 Å². The van der Waals surface area contributed by atoms with Crippen molar-refractivity contribution in [1.29, 1.82) is 0 Å². The van der Waals surface area contributed by atoms with Crippen LogP contribution in [0.1, 0.15) is 32.6 Å². The molecule has 0 aromatic rings. The second-order valence-electron chi connectivity index (χ2n) is 3.26. The van der Waals surface area contributed by atoms with Gasteiger partial charge in [-0.3, -0.25) is 0 Å². The minimum Gasteiger partial charge on any atom is -0.313 e. The fraction of sp³-hybridized carbons (Fsp3) is 0.800. The first kappa shape index (κ1) is 8.62. The third kappa shape index (κ3) is 2.24. The molecule has 0 bridgehead atoms. The summed E-state index contributed by atoms with van der Waals surface area (Å²) in [6.07, 6.45) is 10.3. The van der Waals surface area contributed by atoms with Gasteiger partial charge in [0.1, 0.15) is 0 Å². The lowest BCUT2D eigenvalue weighted by Crippen LogP contribution is -2.39. The van der Waals surface area contributed by atoms with Gasteiger partial charge in [0.25, 0.3) is 0 Å². The quantitative estimate of drug-likeness (QED) is 0.604. The van der Waals surface area contributed by atoms with Crippen LogP contribution in [0.4, 0.5) is 0 Å². The molecule has 11 heavy (non-hydrogen) atoms. The van der Waals surface area contributed by atoms with E-state index < -0.39 is 0 Å². The van der Waals surface area contributed by atoms with E-state index in [1.807, 2.05) is 0 Å². The summed E-state index contributed by atoms with van der Waals surface area (Å²) in [6, 6.07) is 0.596. The molecule has 62 valence electrons. The van der Waals surface area contributed by atoms with Gasteiger partial charge in [0.15, 0.2) is 0 Å². The Morgan fingerprint density at radius 2 is 2.36 bits per heavy atom. The van der Waals surface area contributed by atoms with E-state index in [9.17, 15) is 0 Å². The van der Waals surface area contributed by atoms with E-state index in [-0.39, 0.29) is 0 Å². The third-order valence-corrected chi connectivity index (χ3v) is 2.52. The van der Waals surface area contributed by atoms with E-state index >= 15 is 0 Å². The molecule has 1 fully saturated rings. The van der Waals surface area contributed by atoms with Crippen LogP contribution < -0.4 is 5.32 Å². The zero-order valence-electron chi connectivity index (χ0n) is 7.27. The van der Waals surface area contributed by atoms with Crippen molar-refractivity contribution in [1.82, 2.24) is 5.32 Å².